The molecule has 1 heterocycles. The first-order valence-electron chi connectivity index (χ1n) is 4.36. The van der Waals surface area contributed by atoms with Gasteiger partial charge in [0.1, 0.15) is 6.39 Å². The van der Waals surface area contributed by atoms with Gasteiger partial charge in [0.05, 0.1) is 0 Å². The molecule has 0 aliphatic carbocycles. The minimum Gasteiger partial charge on any atom is -0.573 e. The maximum absolute atomic E-state index is 5.23. The van der Waals surface area contributed by atoms with Crippen molar-refractivity contribution in [3.63, 3.8) is 0 Å². The van der Waals surface area contributed by atoms with Crippen LogP contribution in [0.2, 0.25) is 0 Å². The number of hydrogen-bond donors (Lipinski definition) is 0. The summed E-state index contributed by atoms with van der Waals surface area (Å²) in [5, 5.41) is 0. The van der Waals surface area contributed by atoms with Crippen LogP contribution in [0.4, 0.5) is 0 Å². The van der Waals surface area contributed by atoms with Gasteiger partial charge in [0.15, 0.2) is 0 Å². The number of hydrogen-bond acceptors (Lipinski definition) is 2. The summed E-state index contributed by atoms with van der Waals surface area (Å²) in [5.41, 5.74) is 6.78. The first-order chi connectivity index (χ1) is 6.13. The van der Waals surface area contributed by atoms with Crippen LogP contribution in [0.25, 0.3) is 11.1 Å². The molecule has 0 saturated carbocycles. The summed E-state index contributed by atoms with van der Waals surface area (Å²) >= 11 is 0. The number of oxazole rings is 1. The van der Waals surface area contributed by atoms with E-state index in [4.69, 9.17) is 4.42 Å². The van der Waals surface area contributed by atoms with Gasteiger partial charge >= 0.3 is 32.7 Å². The van der Waals surface area contributed by atoms with E-state index in [1.165, 1.54) is 22.3 Å². The summed E-state index contributed by atoms with van der Waals surface area (Å²) in [6, 6.07) is 0. The predicted molar refractivity (Wildman–Crippen MR) is 58.2 cm³/mol. The molecule has 2 rings (SSSR count). The molecule has 0 aliphatic rings. The van der Waals surface area contributed by atoms with Crippen molar-refractivity contribution in [2.45, 2.75) is 27.7 Å². The topological polar surface area (TPSA) is 26.0 Å². The number of benzene rings is 1. The van der Waals surface area contributed by atoms with Crippen LogP contribution in [0.3, 0.4) is 0 Å². The molecule has 0 N–H and O–H groups in total. The first-order valence-corrected chi connectivity index (χ1v) is 4.36. The second-order valence-electron chi connectivity index (χ2n) is 3.48. The molecule has 0 aliphatic heterocycles. The molecule has 0 fully saturated rings. The minimum atomic E-state index is 0. The SMILES string of the molecule is Cc1c(C)c(C)c2o[c-]nc2c1C.[CH3-].[Y+3]. The van der Waals surface area contributed by atoms with Crippen LogP contribution in [0.1, 0.15) is 22.3 Å². The van der Waals surface area contributed by atoms with Crippen molar-refractivity contribution in [2.24, 2.45) is 0 Å². The van der Waals surface area contributed by atoms with Gasteiger partial charge in [-0.05, 0) is 38.8 Å². The molecule has 0 saturated heterocycles. The molecule has 2 nitrogen and oxygen atoms in total. The van der Waals surface area contributed by atoms with Crippen LogP contribution in [-0.2, 0) is 32.7 Å². The zero-order valence-electron chi connectivity index (χ0n) is 9.93. The second kappa shape index (κ2) is 5.22. The van der Waals surface area contributed by atoms with Crippen LogP contribution in [-0.4, -0.2) is 4.98 Å². The van der Waals surface area contributed by atoms with Gasteiger partial charge in [0, 0.05) is 0 Å². The Morgan fingerprint density at radius 2 is 1.47 bits per heavy atom. The zero-order valence-corrected chi connectivity index (χ0v) is 12.8. The fourth-order valence-corrected chi connectivity index (χ4v) is 1.63. The van der Waals surface area contributed by atoms with Gasteiger partial charge < -0.3 is 16.8 Å². The minimum absolute atomic E-state index is 0. The first kappa shape index (κ1) is 14.8. The summed E-state index contributed by atoms with van der Waals surface area (Å²) in [6.45, 7) is 8.36. The fourth-order valence-electron chi connectivity index (χ4n) is 1.63. The maximum Gasteiger partial charge on any atom is 3.00 e. The molecule has 15 heavy (non-hydrogen) atoms. The number of nitrogens with zero attached hydrogens (tertiary/aromatic N) is 1. The van der Waals surface area contributed by atoms with Crippen molar-refractivity contribution in [2.75, 3.05) is 0 Å². The van der Waals surface area contributed by atoms with Crippen LogP contribution in [0.5, 0.6) is 0 Å². The van der Waals surface area contributed by atoms with E-state index in [9.17, 15) is 0 Å². The Balaban J connectivity index is 0.000000980. The van der Waals surface area contributed by atoms with E-state index in [0.29, 0.717) is 0 Å². The molecule has 2 aromatic rings. The van der Waals surface area contributed by atoms with Crippen LogP contribution in [0, 0.1) is 41.5 Å². The van der Waals surface area contributed by atoms with Crippen molar-refractivity contribution in [3.05, 3.63) is 36.1 Å². The molecule has 0 bridgehead atoms. The van der Waals surface area contributed by atoms with Crippen LogP contribution in [0.15, 0.2) is 4.42 Å². The van der Waals surface area contributed by atoms with E-state index in [1.807, 2.05) is 0 Å². The fraction of sp³-hybridized carbons (Fsp3) is 0.333. The molecule has 3 heteroatoms. The van der Waals surface area contributed by atoms with Crippen molar-refractivity contribution in [3.8, 4) is 0 Å². The molecule has 1 aromatic carbocycles. The molecule has 0 radical (unpaired) electrons. The standard InChI is InChI=1S/C11H12NO.CH3.Y/c1-6-7(2)9(4)11-10(8(6)3)12-5-13-11;;/h1-4H3;1H3;/q2*-1;+3. The number of rotatable bonds is 0. The molecule has 0 amide bonds. The Bertz CT molecular complexity index is 432. The number of aryl methyl sites for hydroxylation is 2. The normalized spacial score (nSPS) is 9.60. The second-order valence-corrected chi connectivity index (χ2v) is 3.48. The van der Waals surface area contributed by atoms with Gasteiger partial charge in [-0.1, -0.05) is 22.3 Å². The third-order valence-corrected chi connectivity index (χ3v) is 2.90. The summed E-state index contributed by atoms with van der Waals surface area (Å²) in [5.74, 6) is 0. The summed E-state index contributed by atoms with van der Waals surface area (Å²) in [7, 11) is 0. The Morgan fingerprint density at radius 3 is 2.07 bits per heavy atom. The molecular weight excluding hydrogens is 263 g/mol. The van der Waals surface area contributed by atoms with E-state index in [2.05, 4.69) is 39.1 Å². The van der Waals surface area contributed by atoms with Crippen molar-refractivity contribution in [1.29, 1.82) is 0 Å². The maximum atomic E-state index is 5.23. The van der Waals surface area contributed by atoms with Gasteiger partial charge in [0.25, 0.3) is 0 Å². The monoisotopic (exact) mass is 278 g/mol. The summed E-state index contributed by atoms with van der Waals surface area (Å²) in [4.78, 5) is 4.09. The average molecular weight is 278 g/mol. The van der Waals surface area contributed by atoms with E-state index in [1.54, 1.807) is 0 Å². The molecule has 0 unspecified atom stereocenters. The predicted octanol–water partition coefficient (Wildman–Crippen LogP) is 3.31. The van der Waals surface area contributed by atoms with E-state index in [0.717, 1.165) is 11.1 Å². The van der Waals surface area contributed by atoms with Gasteiger partial charge in [-0.3, -0.25) is 0 Å². The van der Waals surface area contributed by atoms with E-state index < -0.39 is 0 Å². The molecule has 76 valence electrons. The van der Waals surface area contributed by atoms with E-state index >= 15 is 0 Å². The zero-order chi connectivity index (χ0) is 9.59. The van der Waals surface area contributed by atoms with E-state index in [-0.39, 0.29) is 40.1 Å². The molecule has 0 spiro atoms. The number of aromatic nitrogens is 1. The van der Waals surface area contributed by atoms with Gasteiger partial charge in [0.2, 0.25) is 0 Å². The molecule has 0 atom stereocenters. The number of fused-ring (bicyclic) bond motifs is 1. The van der Waals surface area contributed by atoms with Gasteiger partial charge in [-0.2, -0.15) is 0 Å². The molecule has 1 aromatic heterocycles. The van der Waals surface area contributed by atoms with Crippen molar-refractivity contribution < 1.29 is 37.1 Å². The van der Waals surface area contributed by atoms with Gasteiger partial charge in [-0.15, -0.1) is 0 Å². The Hall–Kier alpha value is -0.206. The van der Waals surface area contributed by atoms with Crippen molar-refractivity contribution >= 4 is 11.1 Å². The quantitative estimate of drug-likeness (QED) is 0.691. The third-order valence-electron chi connectivity index (χ3n) is 2.90. The van der Waals surface area contributed by atoms with Crippen LogP contribution >= 0.6 is 0 Å². The Kier molecular flexibility index (Phi) is 5.15. The van der Waals surface area contributed by atoms with Crippen molar-refractivity contribution in [1.82, 2.24) is 4.98 Å². The smallest absolute Gasteiger partial charge is 0.573 e. The third kappa shape index (κ3) is 2.16. The average Bonchev–Trinajstić information content (AvgIpc) is 2.59. The molecular formula is C12H15NOY+. The van der Waals surface area contributed by atoms with Gasteiger partial charge in [-0.25, -0.2) is 0 Å². The summed E-state index contributed by atoms with van der Waals surface area (Å²) in [6.07, 6.45) is 2.55. The summed E-state index contributed by atoms with van der Waals surface area (Å²) < 4.78 is 5.23. The van der Waals surface area contributed by atoms with Crippen LogP contribution < -0.4 is 0 Å². The Labute approximate surface area is 116 Å². The Morgan fingerprint density at radius 1 is 0.933 bits per heavy atom. The largest absolute Gasteiger partial charge is 3.00 e.